The quantitative estimate of drug-likeness (QED) is 0.785. The number of likely N-dealkylation sites (tertiary alicyclic amines) is 1. The van der Waals surface area contributed by atoms with Crippen molar-refractivity contribution in [2.75, 3.05) is 19.7 Å². The first kappa shape index (κ1) is 16.5. The van der Waals surface area contributed by atoms with E-state index in [1.54, 1.807) is 4.90 Å². The molecule has 1 fully saturated rings. The smallest absolute Gasteiger partial charge is 0.308 e. The summed E-state index contributed by atoms with van der Waals surface area (Å²) in [5, 5.41) is 9.03. The molecule has 1 aliphatic rings. The fourth-order valence-corrected chi connectivity index (χ4v) is 2.65. The zero-order valence-corrected chi connectivity index (χ0v) is 12.7. The van der Waals surface area contributed by atoms with Gasteiger partial charge < -0.3 is 14.7 Å². The summed E-state index contributed by atoms with van der Waals surface area (Å²) in [6, 6.07) is 9.91. The number of benzene rings is 1. The number of piperidine rings is 1. The fraction of sp³-hybridized carbons (Fsp3) is 0.529. The predicted molar refractivity (Wildman–Crippen MR) is 82.3 cm³/mol. The first-order valence-corrected chi connectivity index (χ1v) is 7.79. The van der Waals surface area contributed by atoms with E-state index in [1.165, 1.54) is 0 Å². The normalized spacial score (nSPS) is 18.2. The molecule has 0 saturated carbocycles. The minimum Gasteiger partial charge on any atom is -0.481 e. The lowest BCUT2D eigenvalue weighted by atomic mass is 9.98. The summed E-state index contributed by atoms with van der Waals surface area (Å²) in [6.45, 7) is 2.11. The Morgan fingerprint density at radius 1 is 1.27 bits per heavy atom. The van der Waals surface area contributed by atoms with Crippen molar-refractivity contribution in [3.05, 3.63) is 35.9 Å². The van der Waals surface area contributed by atoms with Gasteiger partial charge in [0, 0.05) is 26.1 Å². The Morgan fingerprint density at radius 2 is 2.05 bits per heavy atom. The van der Waals surface area contributed by atoms with Crippen LogP contribution in [0.3, 0.4) is 0 Å². The molecule has 0 radical (unpaired) electrons. The number of carboxylic acids is 1. The summed E-state index contributed by atoms with van der Waals surface area (Å²) in [4.78, 5) is 24.8. The molecular weight excluding hydrogens is 282 g/mol. The molecule has 2 rings (SSSR count). The number of ether oxygens (including phenoxy) is 1. The van der Waals surface area contributed by atoms with Crippen molar-refractivity contribution in [2.24, 2.45) is 5.92 Å². The van der Waals surface area contributed by atoms with E-state index in [2.05, 4.69) is 0 Å². The Bertz CT molecular complexity index is 489. The molecule has 1 aromatic rings. The summed E-state index contributed by atoms with van der Waals surface area (Å²) in [6.07, 6.45) is 2.52. The van der Waals surface area contributed by atoms with Gasteiger partial charge in [0.15, 0.2) is 0 Å². The standard InChI is InChI=1S/C17H23NO4/c19-16(18-10-4-8-15(12-18)17(20)21)9-5-11-22-13-14-6-2-1-3-7-14/h1-3,6-7,15H,4-5,8-13H2,(H,20,21)/t15-/m0/s1. The van der Waals surface area contributed by atoms with Crippen LogP contribution in [0.5, 0.6) is 0 Å². The molecule has 1 saturated heterocycles. The van der Waals surface area contributed by atoms with Gasteiger partial charge in [-0.05, 0) is 24.8 Å². The highest BCUT2D eigenvalue weighted by Crippen LogP contribution is 2.17. The molecule has 5 heteroatoms. The van der Waals surface area contributed by atoms with Gasteiger partial charge in [0.25, 0.3) is 0 Å². The highest BCUT2D eigenvalue weighted by atomic mass is 16.5. The molecular formula is C17H23NO4. The SMILES string of the molecule is O=C(O)[C@H]1CCCN(C(=O)CCCOCc2ccccc2)C1. The number of carbonyl (C=O) groups excluding carboxylic acids is 1. The van der Waals surface area contributed by atoms with Crippen LogP contribution in [-0.2, 0) is 20.9 Å². The lowest BCUT2D eigenvalue weighted by Crippen LogP contribution is -2.42. The Kier molecular flexibility index (Phi) is 6.40. The van der Waals surface area contributed by atoms with Crippen LogP contribution in [0.25, 0.3) is 0 Å². The molecule has 1 aromatic carbocycles. The first-order chi connectivity index (χ1) is 10.7. The second-order valence-electron chi connectivity index (χ2n) is 5.66. The molecule has 1 N–H and O–H groups in total. The van der Waals surface area contributed by atoms with E-state index in [1.807, 2.05) is 30.3 Å². The van der Waals surface area contributed by atoms with Crippen LogP contribution in [0, 0.1) is 5.92 Å². The average Bonchev–Trinajstić information content (AvgIpc) is 2.55. The minimum absolute atomic E-state index is 0.0364. The van der Waals surface area contributed by atoms with Crippen LogP contribution >= 0.6 is 0 Å². The average molecular weight is 305 g/mol. The molecule has 0 aliphatic carbocycles. The summed E-state index contributed by atoms with van der Waals surface area (Å²) in [5.41, 5.74) is 1.12. The third-order valence-corrected chi connectivity index (χ3v) is 3.91. The molecule has 0 aromatic heterocycles. The van der Waals surface area contributed by atoms with E-state index in [0.29, 0.717) is 45.6 Å². The number of hydrogen-bond acceptors (Lipinski definition) is 3. The van der Waals surface area contributed by atoms with E-state index in [9.17, 15) is 9.59 Å². The van der Waals surface area contributed by atoms with Crippen LogP contribution < -0.4 is 0 Å². The highest BCUT2D eigenvalue weighted by molar-refractivity contribution is 5.78. The largest absolute Gasteiger partial charge is 0.481 e. The van der Waals surface area contributed by atoms with Gasteiger partial charge in [-0.2, -0.15) is 0 Å². The van der Waals surface area contributed by atoms with Gasteiger partial charge in [-0.3, -0.25) is 9.59 Å². The number of amides is 1. The van der Waals surface area contributed by atoms with Crippen molar-refractivity contribution in [1.82, 2.24) is 4.90 Å². The van der Waals surface area contributed by atoms with E-state index in [4.69, 9.17) is 9.84 Å². The second-order valence-corrected chi connectivity index (χ2v) is 5.66. The van der Waals surface area contributed by atoms with Crippen LogP contribution in [0.15, 0.2) is 30.3 Å². The molecule has 22 heavy (non-hydrogen) atoms. The van der Waals surface area contributed by atoms with E-state index in [-0.39, 0.29) is 5.91 Å². The molecule has 0 unspecified atom stereocenters. The molecule has 0 spiro atoms. The van der Waals surface area contributed by atoms with E-state index in [0.717, 1.165) is 12.0 Å². The molecule has 0 bridgehead atoms. The Hall–Kier alpha value is -1.88. The predicted octanol–water partition coefficient (Wildman–Crippen LogP) is 2.31. The zero-order chi connectivity index (χ0) is 15.8. The number of carboxylic acid groups (broad SMARTS) is 1. The monoisotopic (exact) mass is 305 g/mol. The number of aliphatic carboxylic acids is 1. The summed E-state index contributed by atoms with van der Waals surface area (Å²) < 4.78 is 5.55. The Labute approximate surface area is 130 Å². The van der Waals surface area contributed by atoms with Crippen molar-refractivity contribution in [3.63, 3.8) is 0 Å². The zero-order valence-electron chi connectivity index (χ0n) is 12.7. The Balaban J connectivity index is 1.62. The lowest BCUT2D eigenvalue weighted by molar-refractivity contribution is -0.145. The minimum atomic E-state index is -0.802. The topological polar surface area (TPSA) is 66.8 Å². The van der Waals surface area contributed by atoms with Crippen molar-refractivity contribution in [2.45, 2.75) is 32.3 Å². The molecule has 1 atom stereocenters. The summed E-state index contributed by atoms with van der Waals surface area (Å²) >= 11 is 0. The van der Waals surface area contributed by atoms with Crippen LogP contribution in [-0.4, -0.2) is 41.6 Å². The third-order valence-electron chi connectivity index (χ3n) is 3.91. The second kappa shape index (κ2) is 8.54. The number of nitrogens with zero attached hydrogens (tertiary/aromatic N) is 1. The van der Waals surface area contributed by atoms with Crippen LogP contribution in [0.2, 0.25) is 0 Å². The highest BCUT2D eigenvalue weighted by Gasteiger charge is 2.27. The van der Waals surface area contributed by atoms with Crippen molar-refractivity contribution in [1.29, 1.82) is 0 Å². The van der Waals surface area contributed by atoms with Gasteiger partial charge in [0.1, 0.15) is 0 Å². The van der Waals surface area contributed by atoms with Crippen LogP contribution in [0.1, 0.15) is 31.2 Å². The lowest BCUT2D eigenvalue weighted by Gasteiger charge is -2.30. The van der Waals surface area contributed by atoms with Crippen LogP contribution in [0.4, 0.5) is 0 Å². The fourth-order valence-electron chi connectivity index (χ4n) is 2.65. The van der Waals surface area contributed by atoms with Gasteiger partial charge in [-0.1, -0.05) is 30.3 Å². The van der Waals surface area contributed by atoms with Gasteiger partial charge in [0.2, 0.25) is 5.91 Å². The summed E-state index contributed by atoms with van der Waals surface area (Å²) in [7, 11) is 0. The number of rotatable bonds is 7. The van der Waals surface area contributed by atoms with Gasteiger partial charge in [-0.15, -0.1) is 0 Å². The van der Waals surface area contributed by atoms with Gasteiger partial charge in [0.05, 0.1) is 12.5 Å². The number of hydrogen-bond donors (Lipinski definition) is 1. The number of carbonyl (C=O) groups is 2. The molecule has 5 nitrogen and oxygen atoms in total. The maximum Gasteiger partial charge on any atom is 0.308 e. The first-order valence-electron chi connectivity index (χ1n) is 7.79. The molecule has 1 amide bonds. The van der Waals surface area contributed by atoms with Gasteiger partial charge >= 0.3 is 5.97 Å². The maximum atomic E-state index is 12.1. The third kappa shape index (κ3) is 5.15. The molecule has 1 aliphatic heterocycles. The van der Waals surface area contributed by atoms with Crippen molar-refractivity contribution < 1.29 is 19.4 Å². The molecule has 1 heterocycles. The maximum absolute atomic E-state index is 12.1. The van der Waals surface area contributed by atoms with Crippen molar-refractivity contribution >= 4 is 11.9 Å². The van der Waals surface area contributed by atoms with Gasteiger partial charge in [-0.25, -0.2) is 0 Å². The molecule has 120 valence electrons. The van der Waals surface area contributed by atoms with E-state index >= 15 is 0 Å². The summed E-state index contributed by atoms with van der Waals surface area (Å²) in [5.74, 6) is -1.18. The van der Waals surface area contributed by atoms with E-state index < -0.39 is 11.9 Å². The Morgan fingerprint density at radius 3 is 2.77 bits per heavy atom. The van der Waals surface area contributed by atoms with Crippen molar-refractivity contribution in [3.8, 4) is 0 Å².